The van der Waals surface area contributed by atoms with Crippen molar-refractivity contribution in [3.05, 3.63) is 101 Å². The Hall–Kier alpha value is -4.34. The number of ether oxygens (including phenoxy) is 2. The number of carbonyl (C=O) groups excluding carboxylic acids is 1. The van der Waals surface area contributed by atoms with Crippen molar-refractivity contribution in [2.45, 2.75) is 39.3 Å². The van der Waals surface area contributed by atoms with Crippen LogP contribution in [-0.2, 0) is 29.1 Å². The Kier molecular flexibility index (Phi) is 8.95. The highest BCUT2D eigenvalue weighted by molar-refractivity contribution is 6.30. The van der Waals surface area contributed by atoms with Crippen LogP contribution in [0.3, 0.4) is 0 Å². The number of nitrogens with one attached hydrogen (secondary N) is 1. The number of aromatic amines is 1. The Labute approximate surface area is 237 Å². The fraction of sp³-hybridized carbons (Fsp3) is 0.233. The van der Waals surface area contributed by atoms with Crippen molar-refractivity contribution in [1.29, 1.82) is 0 Å². The van der Waals surface area contributed by atoms with Gasteiger partial charge < -0.3 is 14.0 Å². The highest BCUT2D eigenvalue weighted by atomic mass is 35.5. The molecule has 10 heteroatoms. The van der Waals surface area contributed by atoms with Crippen LogP contribution in [0.4, 0.5) is 0 Å². The Morgan fingerprint density at radius 3 is 2.45 bits per heavy atom. The summed E-state index contributed by atoms with van der Waals surface area (Å²) in [6.45, 7) is 2.65. The number of para-hydroxylation sites is 1. The number of unbranched alkanes of at least 4 members (excludes halogenated alkanes) is 1. The molecule has 0 saturated heterocycles. The average Bonchev–Trinajstić information content (AvgIpc) is 3.62. The maximum atomic E-state index is 12.2. The van der Waals surface area contributed by atoms with Gasteiger partial charge in [-0.25, -0.2) is 9.78 Å². The molecule has 2 aromatic heterocycles. The van der Waals surface area contributed by atoms with Gasteiger partial charge >= 0.3 is 5.97 Å². The highest BCUT2D eigenvalue weighted by Gasteiger charge is 2.18. The lowest BCUT2D eigenvalue weighted by atomic mass is 9.98. The molecule has 0 unspecified atom stereocenters. The lowest BCUT2D eigenvalue weighted by Gasteiger charge is -2.14. The van der Waals surface area contributed by atoms with Crippen LogP contribution in [0.15, 0.2) is 78.9 Å². The summed E-state index contributed by atoms with van der Waals surface area (Å²) in [7, 11) is 0. The van der Waals surface area contributed by atoms with E-state index in [0.29, 0.717) is 23.3 Å². The van der Waals surface area contributed by atoms with Crippen molar-refractivity contribution < 1.29 is 14.3 Å². The van der Waals surface area contributed by atoms with Crippen LogP contribution < -0.4 is 4.74 Å². The molecule has 0 fully saturated rings. The molecule has 0 spiro atoms. The first-order valence-corrected chi connectivity index (χ1v) is 13.5. The van der Waals surface area contributed by atoms with Gasteiger partial charge in [0.2, 0.25) is 5.82 Å². The van der Waals surface area contributed by atoms with Crippen molar-refractivity contribution in [1.82, 2.24) is 30.2 Å². The summed E-state index contributed by atoms with van der Waals surface area (Å²) in [6.07, 6.45) is 2.82. The summed E-state index contributed by atoms with van der Waals surface area (Å²) in [5, 5.41) is 14.9. The van der Waals surface area contributed by atoms with Gasteiger partial charge in [0.25, 0.3) is 0 Å². The zero-order valence-corrected chi connectivity index (χ0v) is 22.8. The van der Waals surface area contributed by atoms with Crippen LogP contribution in [0.2, 0.25) is 5.15 Å². The number of halogens is 1. The van der Waals surface area contributed by atoms with Crippen LogP contribution >= 0.6 is 11.6 Å². The van der Waals surface area contributed by atoms with Gasteiger partial charge in [0, 0.05) is 18.5 Å². The Morgan fingerprint density at radius 2 is 1.73 bits per heavy atom. The van der Waals surface area contributed by atoms with E-state index >= 15 is 0 Å². The van der Waals surface area contributed by atoms with Crippen molar-refractivity contribution in [3.8, 4) is 28.3 Å². The zero-order valence-electron chi connectivity index (χ0n) is 22.1. The number of esters is 1. The van der Waals surface area contributed by atoms with Gasteiger partial charge in [-0.05, 0) is 40.5 Å². The molecule has 0 saturated carbocycles. The first-order valence-electron chi connectivity index (χ1n) is 13.1. The lowest BCUT2D eigenvalue weighted by molar-refractivity contribution is -0.140. The third kappa shape index (κ3) is 6.62. The van der Waals surface area contributed by atoms with Crippen molar-refractivity contribution in [3.63, 3.8) is 0 Å². The fourth-order valence-corrected chi connectivity index (χ4v) is 4.67. The standard InChI is InChI=1S/C30H29ClN6O3/c1-2-3-13-27-32-29(31)26(19-39-20-28(38)40-23-9-5-4-6-10-23)37(27)18-21-14-16-22(17-15-21)24-11-7-8-12-25(24)30-33-35-36-34-30/h4-12,14-17H,2-3,13,18-20H2,1H3,(H,33,34,35,36). The number of aryl methyl sites for hydroxylation is 1. The second kappa shape index (κ2) is 13.1. The Morgan fingerprint density at radius 1 is 0.975 bits per heavy atom. The minimum Gasteiger partial charge on any atom is -0.425 e. The smallest absolute Gasteiger partial charge is 0.337 e. The number of carbonyl (C=O) groups is 1. The van der Waals surface area contributed by atoms with Gasteiger partial charge in [-0.3, -0.25) is 0 Å². The maximum Gasteiger partial charge on any atom is 0.337 e. The van der Waals surface area contributed by atoms with E-state index in [4.69, 9.17) is 21.1 Å². The molecule has 9 nitrogen and oxygen atoms in total. The molecule has 204 valence electrons. The number of hydrogen-bond acceptors (Lipinski definition) is 7. The summed E-state index contributed by atoms with van der Waals surface area (Å²) >= 11 is 6.56. The molecule has 0 aliphatic carbocycles. The molecule has 0 amide bonds. The van der Waals surface area contributed by atoms with Crippen LogP contribution in [-0.4, -0.2) is 42.8 Å². The van der Waals surface area contributed by atoms with E-state index in [1.807, 2.05) is 30.3 Å². The minimum atomic E-state index is -0.476. The molecule has 0 radical (unpaired) electrons. The van der Waals surface area contributed by atoms with Gasteiger partial charge in [-0.2, -0.15) is 5.21 Å². The number of aromatic nitrogens is 6. The topological polar surface area (TPSA) is 108 Å². The zero-order chi connectivity index (χ0) is 27.7. The van der Waals surface area contributed by atoms with E-state index in [9.17, 15) is 4.79 Å². The van der Waals surface area contributed by atoms with Gasteiger partial charge in [0.15, 0.2) is 5.15 Å². The number of rotatable bonds is 12. The van der Waals surface area contributed by atoms with E-state index in [2.05, 4.69) is 61.4 Å². The third-order valence-electron chi connectivity index (χ3n) is 6.41. The Balaban J connectivity index is 1.31. The van der Waals surface area contributed by atoms with E-state index in [1.54, 1.807) is 24.3 Å². The number of nitrogens with zero attached hydrogens (tertiary/aromatic N) is 5. The van der Waals surface area contributed by atoms with Crippen LogP contribution in [0.25, 0.3) is 22.5 Å². The summed E-state index contributed by atoms with van der Waals surface area (Å²) in [4.78, 5) is 16.9. The van der Waals surface area contributed by atoms with Gasteiger partial charge in [-0.1, -0.05) is 91.7 Å². The molecule has 0 bridgehead atoms. The third-order valence-corrected chi connectivity index (χ3v) is 6.71. The molecule has 0 aliphatic heterocycles. The first-order chi connectivity index (χ1) is 19.6. The number of benzene rings is 3. The summed E-state index contributed by atoms with van der Waals surface area (Å²) in [6, 6.07) is 25.2. The van der Waals surface area contributed by atoms with Crippen LogP contribution in [0, 0.1) is 0 Å². The lowest BCUT2D eigenvalue weighted by Crippen LogP contribution is -2.17. The summed E-state index contributed by atoms with van der Waals surface area (Å²) in [5.41, 5.74) is 4.77. The molecule has 5 aromatic rings. The van der Waals surface area contributed by atoms with Crippen LogP contribution in [0.1, 0.15) is 36.8 Å². The predicted molar refractivity (Wildman–Crippen MR) is 152 cm³/mol. The summed E-state index contributed by atoms with van der Waals surface area (Å²) in [5.74, 6) is 1.44. The second-order valence-electron chi connectivity index (χ2n) is 9.21. The molecule has 0 aliphatic rings. The maximum absolute atomic E-state index is 12.2. The molecule has 5 rings (SSSR count). The number of H-pyrrole nitrogens is 1. The van der Waals surface area contributed by atoms with Crippen molar-refractivity contribution in [2.75, 3.05) is 6.61 Å². The van der Waals surface area contributed by atoms with E-state index in [0.717, 1.165) is 53.0 Å². The van der Waals surface area contributed by atoms with E-state index < -0.39 is 5.97 Å². The molecule has 3 aromatic carbocycles. The quantitative estimate of drug-likeness (QED) is 0.151. The SMILES string of the molecule is CCCCc1nc(Cl)c(COCC(=O)Oc2ccccc2)n1Cc1ccc(-c2ccccc2-c2nn[nH]n2)cc1. The molecular formula is C30H29ClN6O3. The fourth-order valence-electron chi connectivity index (χ4n) is 4.41. The minimum absolute atomic E-state index is 0.137. The molecule has 0 atom stereocenters. The highest BCUT2D eigenvalue weighted by Crippen LogP contribution is 2.30. The molecular weight excluding hydrogens is 528 g/mol. The largest absolute Gasteiger partial charge is 0.425 e. The number of tetrazole rings is 1. The van der Waals surface area contributed by atoms with Crippen LogP contribution in [0.5, 0.6) is 5.75 Å². The Bertz CT molecular complexity index is 1540. The first kappa shape index (κ1) is 27.2. The number of hydrogen-bond donors (Lipinski definition) is 1. The molecule has 1 N–H and O–H groups in total. The number of imidazole rings is 1. The summed E-state index contributed by atoms with van der Waals surface area (Å²) < 4.78 is 13.1. The predicted octanol–water partition coefficient (Wildman–Crippen LogP) is 5.90. The second-order valence-corrected chi connectivity index (χ2v) is 9.57. The van der Waals surface area contributed by atoms with Gasteiger partial charge in [0.1, 0.15) is 18.2 Å². The van der Waals surface area contributed by atoms with E-state index in [1.165, 1.54) is 0 Å². The van der Waals surface area contributed by atoms with Crippen molar-refractivity contribution in [2.24, 2.45) is 0 Å². The molecule has 2 heterocycles. The molecule has 40 heavy (non-hydrogen) atoms. The van der Waals surface area contributed by atoms with Crippen molar-refractivity contribution >= 4 is 17.6 Å². The normalized spacial score (nSPS) is 11.1. The average molecular weight is 557 g/mol. The van der Waals surface area contributed by atoms with E-state index in [-0.39, 0.29) is 13.2 Å². The monoisotopic (exact) mass is 556 g/mol. The van der Waals surface area contributed by atoms with Gasteiger partial charge in [0.05, 0.1) is 12.3 Å². The van der Waals surface area contributed by atoms with Gasteiger partial charge in [-0.15, -0.1) is 10.2 Å².